The number of benzene rings is 1. The Morgan fingerprint density at radius 1 is 1.31 bits per heavy atom. The van der Waals surface area contributed by atoms with Crippen molar-refractivity contribution in [2.24, 2.45) is 0 Å². The molecule has 0 unspecified atom stereocenters. The van der Waals surface area contributed by atoms with Gasteiger partial charge in [0.1, 0.15) is 0 Å². The van der Waals surface area contributed by atoms with E-state index in [1.165, 1.54) is 24.0 Å². The van der Waals surface area contributed by atoms with E-state index >= 15 is 0 Å². The van der Waals surface area contributed by atoms with Crippen molar-refractivity contribution in [3.8, 4) is 0 Å². The predicted octanol–water partition coefficient (Wildman–Crippen LogP) is 0.837. The number of hydrogen-bond acceptors (Lipinski definition) is 6. The molecule has 1 N–H and O–H groups in total. The molecule has 1 heterocycles. The molecule has 1 aliphatic heterocycles. The van der Waals surface area contributed by atoms with Crippen molar-refractivity contribution in [2.45, 2.75) is 26.3 Å². The molecule has 142 valence electrons. The fraction of sp³-hybridized carbons (Fsp3) is 0.471. The van der Waals surface area contributed by atoms with Crippen molar-refractivity contribution in [1.82, 2.24) is 4.90 Å². The first-order chi connectivity index (χ1) is 12.2. The molecule has 26 heavy (non-hydrogen) atoms. The smallest absolute Gasteiger partial charge is 0.338 e. The van der Waals surface area contributed by atoms with Crippen molar-refractivity contribution in [2.75, 3.05) is 30.0 Å². The molecule has 1 saturated heterocycles. The largest absolute Gasteiger partial charge is 0.452 e. The maximum absolute atomic E-state index is 12.3. The lowest BCUT2D eigenvalue weighted by atomic mass is 10.2. The Labute approximate surface area is 152 Å². The second-order valence-corrected chi connectivity index (χ2v) is 8.30. The van der Waals surface area contributed by atoms with Crippen molar-refractivity contribution in [3.63, 3.8) is 0 Å². The average molecular weight is 382 g/mol. The Bertz CT molecular complexity index is 805. The Hall–Kier alpha value is -2.42. The lowest BCUT2D eigenvalue weighted by Crippen LogP contribution is -2.43. The van der Waals surface area contributed by atoms with Gasteiger partial charge in [-0.05, 0) is 31.5 Å². The standard InChI is InChI=1S/C17H22N2O6S/c1-3-19(15-7-8-26(23,24)11-15)16(21)10-25-17(22)13-5-4-6-14(9-13)18-12(2)20/h4-6,9,15H,3,7-8,10-11H2,1-2H3,(H,18,20)/t15-/m0/s1. The number of likely N-dealkylation sites (N-methyl/N-ethyl adjacent to an activating group) is 1. The first kappa shape index (κ1) is 19.9. The highest BCUT2D eigenvalue weighted by atomic mass is 32.2. The number of anilines is 1. The predicted molar refractivity (Wildman–Crippen MR) is 95.5 cm³/mol. The van der Waals surface area contributed by atoms with Crippen molar-refractivity contribution < 1.29 is 27.5 Å². The Morgan fingerprint density at radius 2 is 2.04 bits per heavy atom. The lowest BCUT2D eigenvalue weighted by molar-refractivity contribution is -0.136. The summed E-state index contributed by atoms with van der Waals surface area (Å²) in [6.07, 6.45) is 0.397. The topological polar surface area (TPSA) is 110 Å². The summed E-state index contributed by atoms with van der Waals surface area (Å²) >= 11 is 0. The molecular weight excluding hydrogens is 360 g/mol. The van der Waals surface area contributed by atoms with Crippen LogP contribution in [0.5, 0.6) is 0 Å². The normalized spacial score (nSPS) is 18.2. The van der Waals surface area contributed by atoms with E-state index in [0.29, 0.717) is 18.7 Å². The second kappa shape index (κ2) is 8.31. The molecule has 0 radical (unpaired) electrons. The van der Waals surface area contributed by atoms with Gasteiger partial charge in [-0.15, -0.1) is 0 Å². The zero-order valence-corrected chi connectivity index (χ0v) is 15.5. The van der Waals surface area contributed by atoms with E-state index in [2.05, 4.69) is 5.32 Å². The number of esters is 1. The molecule has 2 rings (SSSR count). The molecular formula is C17H22N2O6S. The van der Waals surface area contributed by atoms with Gasteiger partial charge in [0.15, 0.2) is 16.4 Å². The minimum absolute atomic E-state index is 0.0563. The number of carbonyl (C=O) groups excluding carboxylic acids is 3. The number of carbonyl (C=O) groups is 3. The average Bonchev–Trinajstić information content (AvgIpc) is 2.92. The van der Waals surface area contributed by atoms with Gasteiger partial charge in [0, 0.05) is 25.2 Å². The number of nitrogens with one attached hydrogen (secondary N) is 1. The second-order valence-electron chi connectivity index (χ2n) is 6.07. The maximum atomic E-state index is 12.3. The number of sulfone groups is 1. The molecule has 0 saturated carbocycles. The molecule has 1 fully saturated rings. The van der Waals surface area contributed by atoms with Crippen LogP contribution in [0.15, 0.2) is 24.3 Å². The Kier molecular flexibility index (Phi) is 6.36. The summed E-state index contributed by atoms with van der Waals surface area (Å²) < 4.78 is 28.2. The summed E-state index contributed by atoms with van der Waals surface area (Å²) in [5, 5.41) is 2.56. The van der Waals surface area contributed by atoms with Gasteiger partial charge >= 0.3 is 5.97 Å². The molecule has 0 bridgehead atoms. The van der Waals surface area contributed by atoms with Gasteiger partial charge in [0.2, 0.25) is 5.91 Å². The van der Waals surface area contributed by atoms with Crippen LogP contribution in [0.4, 0.5) is 5.69 Å². The highest BCUT2D eigenvalue weighted by molar-refractivity contribution is 7.91. The summed E-state index contributed by atoms with van der Waals surface area (Å²) in [7, 11) is -3.11. The SMILES string of the molecule is CCN(C(=O)COC(=O)c1cccc(NC(C)=O)c1)[C@H]1CCS(=O)(=O)C1. The van der Waals surface area contributed by atoms with Gasteiger partial charge in [-0.2, -0.15) is 0 Å². The highest BCUT2D eigenvalue weighted by Crippen LogP contribution is 2.18. The van der Waals surface area contributed by atoms with Crippen LogP contribution in [0.1, 0.15) is 30.6 Å². The molecule has 1 aromatic rings. The number of amides is 2. The molecule has 8 nitrogen and oxygen atoms in total. The zero-order valence-electron chi connectivity index (χ0n) is 14.7. The fourth-order valence-corrected chi connectivity index (χ4v) is 4.61. The summed E-state index contributed by atoms with van der Waals surface area (Å²) in [5.41, 5.74) is 0.653. The van der Waals surface area contributed by atoms with E-state index in [9.17, 15) is 22.8 Å². The van der Waals surface area contributed by atoms with Gasteiger partial charge in [-0.25, -0.2) is 13.2 Å². The van der Waals surface area contributed by atoms with E-state index in [1.54, 1.807) is 19.1 Å². The monoisotopic (exact) mass is 382 g/mol. The highest BCUT2D eigenvalue weighted by Gasteiger charge is 2.34. The van der Waals surface area contributed by atoms with Crippen LogP contribution < -0.4 is 5.32 Å². The fourth-order valence-electron chi connectivity index (χ4n) is 2.88. The lowest BCUT2D eigenvalue weighted by Gasteiger charge is -2.26. The molecule has 0 aliphatic carbocycles. The van der Waals surface area contributed by atoms with Crippen molar-refractivity contribution in [1.29, 1.82) is 0 Å². The molecule has 1 aromatic carbocycles. The summed E-state index contributed by atoms with van der Waals surface area (Å²) in [4.78, 5) is 36.9. The Morgan fingerprint density at radius 3 is 2.62 bits per heavy atom. The minimum atomic E-state index is -3.11. The van der Waals surface area contributed by atoms with Crippen LogP contribution in [-0.2, 0) is 24.2 Å². The number of rotatable bonds is 6. The number of nitrogens with zero attached hydrogens (tertiary/aromatic N) is 1. The van der Waals surface area contributed by atoms with Gasteiger partial charge in [-0.3, -0.25) is 9.59 Å². The van der Waals surface area contributed by atoms with E-state index in [1.807, 2.05) is 0 Å². The van der Waals surface area contributed by atoms with Crippen LogP contribution in [0.25, 0.3) is 0 Å². The van der Waals surface area contributed by atoms with Gasteiger partial charge in [0.05, 0.1) is 17.1 Å². The summed E-state index contributed by atoms with van der Waals surface area (Å²) in [5.74, 6) is -1.38. The Balaban J connectivity index is 1.95. The molecule has 0 spiro atoms. The third kappa shape index (κ3) is 5.29. The van der Waals surface area contributed by atoms with Crippen LogP contribution in [0, 0.1) is 0 Å². The minimum Gasteiger partial charge on any atom is -0.452 e. The molecule has 9 heteroatoms. The van der Waals surface area contributed by atoms with Crippen LogP contribution in [0.3, 0.4) is 0 Å². The number of ether oxygens (including phenoxy) is 1. The number of hydrogen-bond donors (Lipinski definition) is 1. The van der Waals surface area contributed by atoms with Crippen LogP contribution >= 0.6 is 0 Å². The van der Waals surface area contributed by atoms with Crippen molar-refractivity contribution in [3.05, 3.63) is 29.8 Å². The maximum Gasteiger partial charge on any atom is 0.338 e. The molecule has 1 atom stereocenters. The summed E-state index contributed by atoms with van der Waals surface area (Å²) in [6.45, 7) is 2.98. The van der Waals surface area contributed by atoms with E-state index in [4.69, 9.17) is 4.74 Å². The molecule has 0 aromatic heterocycles. The van der Waals surface area contributed by atoms with Gasteiger partial charge < -0.3 is 15.0 Å². The molecule has 2 amide bonds. The van der Waals surface area contributed by atoms with E-state index in [0.717, 1.165) is 0 Å². The van der Waals surface area contributed by atoms with E-state index < -0.39 is 28.3 Å². The quantitative estimate of drug-likeness (QED) is 0.730. The van der Waals surface area contributed by atoms with Crippen molar-refractivity contribution >= 4 is 33.3 Å². The van der Waals surface area contributed by atoms with Crippen LogP contribution in [0.2, 0.25) is 0 Å². The van der Waals surface area contributed by atoms with Crippen LogP contribution in [-0.4, -0.2) is 61.8 Å². The first-order valence-corrected chi connectivity index (χ1v) is 10.1. The third-order valence-electron chi connectivity index (χ3n) is 4.06. The summed E-state index contributed by atoms with van der Waals surface area (Å²) in [6, 6.07) is 5.81. The van der Waals surface area contributed by atoms with E-state index in [-0.39, 0.29) is 29.0 Å². The van der Waals surface area contributed by atoms with Gasteiger partial charge in [-0.1, -0.05) is 6.07 Å². The zero-order chi connectivity index (χ0) is 19.3. The first-order valence-electron chi connectivity index (χ1n) is 8.26. The molecule has 1 aliphatic rings. The third-order valence-corrected chi connectivity index (χ3v) is 5.81. The van der Waals surface area contributed by atoms with Gasteiger partial charge in [0.25, 0.3) is 5.91 Å².